The molecule has 0 bridgehead atoms. The molecule has 0 spiro atoms. The zero-order chi connectivity index (χ0) is 32.0. The summed E-state index contributed by atoms with van der Waals surface area (Å²) in [6, 6.07) is 2.48. The van der Waals surface area contributed by atoms with Gasteiger partial charge in [0.1, 0.15) is 28.6 Å². The Morgan fingerprint density at radius 1 is 1.14 bits per heavy atom. The second kappa shape index (κ2) is 11.8. The number of nitrogens with zero attached hydrogens (tertiary/aromatic N) is 1. The number of nitrogens with one attached hydrogen (secondary N) is 2. The van der Waals surface area contributed by atoms with Gasteiger partial charge < -0.3 is 36.6 Å². The van der Waals surface area contributed by atoms with E-state index in [1.54, 1.807) is 0 Å². The maximum absolute atomic E-state index is 14.1. The molecule has 0 saturated heterocycles. The Morgan fingerprint density at radius 2 is 1.81 bits per heavy atom. The molecule has 0 aromatic heterocycles. The highest BCUT2D eigenvalue weighted by Crippen LogP contribution is 2.57. The molecule has 3 aliphatic carbocycles. The van der Waals surface area contributed by atoms with Gasteiger partial charge in [0.2, 0.25) is 5.78 Å². The molecule has 1 fully saturated rings. The van der Waals surface area contributed by atoms with Crippen LogP contribution in [0.1, 0.15) is 50.7 Å². The van der Waals surface area contributed by atoms with Gasteiger partial charge in [-0.25, -0.2) is 0 Å². The van der Waals surface area contributed by atoms with Crippen LogP contribution in [0.3, 0.4) is 0 Å². The summed E-state index contributed by atoms with van der Waals surface area (Å²) in [6.07, 6.45) is 1.63. The second-order valence-electron chi connectivity index (χ2n) is 12.0. The number of benzene rings is 1. The van der Waals surface area contributed by atoms with Crippen LogP contribution < -0.4 is 16.4 Å². The Labute approximate surface area is 249 Å². The monoisotopic (exact) mass is 600 g/mol. The number of aliphatic hydroxyl groups is 4. The fraction of sp³-hybridized carbons (Fsp3) is 0.533. The molecular weight excluding hydrogens is 560 g/mol. The van der Waals surface area contributed by atoms with Gasteiger partial charge in [0, 0.05) is 17.4 Å². The summed E-state index contributed by atoms with van der Waals surface area (Å²) in [5.74, 6) is -7.69. The average Bonchev–Trinajstić information content (AvgIpc) is 2.92. The molecule has 1 aromatic rings. The Morgan fingerprint density at radius 3 is 2.44 bits per heavy atom. The summed E-state index contributed by atoms with van der Waals surface area (Å²) in [6.45, 7) is 3.19. The lowest BCUT2D eigenvalue weighted by atomic mass is 9.54. The van der Waals surface area contributed by atoms with E-state index in [2.05, 4.69) is 10.6 Å². The summed E-state index contributed by atoms with van der Waals surface area (Å²) in [5, 5.41) is 61.9. The maximum Gasteiger partial charge on any atom is 0.259 e. The molecule has 1 aromatic carbocycles. The van der Waals surface area contributed by atoms with Gasteiger partial charge in [-0.15, -0.1) is 0 Å². The lowest BCUT2D eigenvalue weighted by Crippen LogP contribution is -2.67. The molecule has 234 valence electrons. The van der Waals surface area contributed by atoms with Crippen molar-refractivity contribution in [2.45, 2.75) is 62.8 Å². The first-order valence-corrected chi connectivity index (χ1v) is 14.2. The first kappa shape index (κ1) is 32.3. The number of phenols is 1. The highest BCUT2D eigenvalue weighted by Gasteiger charge is 2.66. The fourth-order valence-corrected chi connectivity index (χ4v) is 6.62. The van der Waals surface area contributed by atoms with Gasteiger partial charge in [-0.05, 0) is 65.4 Å². The number of hydrogen-bond acceptors (Lipinski definition) is 12. The number of carbonyl (C=O) groups excluding carboxylic acids is 4. The van der Waals surface area contributed by atoms with Crippen molar-refractivity contribution in [3.8, 4) is 5.75 Å². The predicted octanol–water partition coefficient (Wildman–Crippen LogP) is -0.106. The molecule has 0 unspecified atom stereocenters. The molecule has 13 heteroatoms. The number of likely N-dealkylation sites (N-methyl/N-ethyl adjacent to an activating group) is 1. The van der Waals surface area contributed by atoms with Gasteiger partial charge in [-0.3, -0.25) is 29.4 Å². The van der Waals surface area contributed by atoms with Gasteiger partial charge in [-0.2, -0.15) is 0 Å². The van der Waals surface area contributed by atoms with Crippen LogP contribution in [0, 0.1) is 11.8 Å². The van der Waals surface area contributed by atoms with Crippen LogP contribution in [-0.2, 0) is 24.8 Å². The van der Waals surface area contributed by atoms with Crippen molar-refractivity contribution in [3.63, 3.8) is 0 Å². The van der Waals surface area contributed by atoms with Crippen LogP contribution >= 0.6 is 0 Å². The third kappa shape index (κ3) is 5.25. The first-order valence-electron chi connectivity index (χ1n) is 14.2. The molecule has 13 nitrogen and oxygen atoms in total. The third-order valence-corrected chi connectivity index (χ3v) is 9.02. The molecule has 6 atom stereocenters. The molecule has 0 radical (unpaired) electrons. The maximum atomic E-state index is 14.1. The van der Waals surface area contributed by atoms with E-state index in [9.17, 15) is 44.7 Å². The number of amides is 1. The minimum atomic E-state index is -2.78. The molecule has 9 N–H and O–H groups in total. The fourth-order valence-electron chi connectivity index (χ4n) is 6.62. The van der Waals surface area contributed by atoms with E-state index in [1.807, 2.05) is 0 Å². The number of aliphatic hydroxyl groups excluding tert-OH is 2. The SMILES string of the molecule is CC(=O)[C@@H](N)CCCCNCNC(=O)C1=C(O)[C@@]2(O)C(=O)C3=C(O)c4c(O)cccc4[C@@](C)(O)[C@H]3C[C@H]2[C@H](N(C)C)C1=O. The molecular formula is C30H40N4O9. The normalized spacial score (nSPS) is 29.3. The van der Waals surface area contributed by atoms with E-state index in [0.717, 1.165) is 0 Å². The van der Waals surface area contributed by atoms with Gasteiger partial charge in [0.15, 0.2) is 11.4 Å². The highest BCUT2D eigenvalue weighted by molar-refractivity contribution is 6.25. The number of unbranched alkanes of at least 4 members (excludes halogenated alkanes) is 1. The van der Waals surface area contributed by atoms with Crippen molar-refractivity contribution < 1.29 is 44.7 Å². The Hall–Kier alpha value is -3.62. The average molecular weight is 601 g/mol. The number of fused-ring (bicyclic) bond motifs is 3. The zero-order valence-corrected chi connectivity index (χ0v) is 24.7. The van der Waals surface area contributed by atoms with E-state index < -0.39 is 81.0 Å². The number of phenolic OH excluding ortho intramolecular Hbond substituents is 1. The van der Waals surface area contributed by atoms with Crippen molar-refractivity contribution in [2.24, 2.45) is 17.6 Å². The number of hydrogen-bond donors (Lipinski definition) is 8. The first-order chi connectivity index (χ1) is 20.1. The second-order valence-corrected chi connectivity index (χ2v) is 12.0. The Bertz CT molecular complexity index is 1420. The number of rotatable bonds is 10. The summed E-state index contributed by atoms with van der Waals surface area (Å²) in [5.41, 5.74) is -0.0868. The van der Waals surface area contributed by atoms with E-state index >= 15 is 0 Å². The topological polar surface area (TPSA) is 223 Å². The van der Waals surface area contributed by atoms with Gasteiger partial charge in [0.25, 0.3) is 5.91 Å². The van der Waals surface area contributed by atoms with Crippen molar-refractivity contribution in [3.05, 3.63) is 46.2 Å². The minimum Gasteiger partial charge on any atom is -0.508 e. The lowest BCUT2D eigenvalue weighted by molar-refractivity contribution is -0.159. The molecule has 3 aliphatic rings. The zero-order valence-electron chi connectivity index (χ0n) is 24.7. The molecule has 43 heavy (non-hydrogen) atoms. The Kier molecular flexibility index (Phi) is 8.87. The number of aromatic hydroxyl groups is 1. The van der Waals surface area contributed by atoms with E-state index in [0.29, 0.717) is 25.8 Å². The summed E-state index contributed by atoms with van der Waals surface area (Å²) >= 11 is 0. The van der Waals surface area contributed by atoms with Crippen molar-refractivity contribution in [2.75, 3.05) is 27.3 Å². The van der Waals surface area contributed by atoms with E-state index in [1.165, 1.54) is 51.0 Å². The van der Waals surface area contributed by atoms with Gasteiger partial charge in [-0.1, -0.05) is 18.6 Å². The summed E-state index contributed by atoms with van der Waals surface area (Å²) in [7, 11) is 3.06. The van der Waals surface area contributed by atoms with Crippen LogP contribution in [0.5, 0.6) is 5.75 Å². The standard InChI is InChI=1S/C30H40N4O9/c1-14(35)18(31)9-5-6-11-32-13-33-28(41)22-25(38)23(34(3)4)17-12-16-21(26(39)30(17,43)27(22)40)24(37)20-15(29(16,2)42)8-7-10-19(20)36/h7-8,10,16-18,23,32,36-37,40,42-43H,5-6,9,11-13,31H2,1-4H3,(H,33,41)/t16-,17-,18-,23-,29+,30-/m0/s1. The summed E-state index contributed by atoms with van der Waals surface area (Å²) < 4.78 is 0. The number of nitrogens with two attached hydrogens (primary N) is 1. The van der Waals surface area contributed by atoms with Gasteiger partial charge >= 0.3 is 0 Å². The van der Waals surface area contributed by atoms with Crippen molar-refractivity contribution >= 4 is 29.0 Å². The largest absolute Gasteiger partial charge is 0.508 e. The van der Waals surface area contributed by atoms with E-state index in [-0.39, 0.29) is 30.0 Å². The van der Waals surface area contributed by atoms with Gasteiger partial charge in [0.05, 0.1) is 29.9 Å². The van der Waals surface area contributed by atoms with Crippen LogP contribution in [0.15, 0.2) is 35.1 Å². The van der Waals surface area contributed by atoms with Crippen molar-refractivity contribution in [1.82, 2.24) is 15.5 Å². The van der Waals surface area contributed by atoms with Crippen molar-refractivity contribution in [1.29, 1.82) is 0 Å². The molecule has 0 aliphatic heterocycles. The molecule has 1 saturated carbocycles. The number of carbonyl (C=O) groups is 4. The molecule has 1 amide bonds. The van der Waals surface area contributed by atoms with Crippen LogP contribution in [-0.4, -0.2) is 98.7 Å². The van der Waals surface area contributed by atoms with Crippen LogP contribution in [0.25, 0.3) is 5.76 Å². The highest BCUT2D eigenvalue weighted by atomic mass is 16.3. The molecule has 0 heterocycles. The lowest BCUT2D eigenvalue weighted by Gasteiger charge is -2.53. The van der Waals surface area contributed by atoms with E-state index in [4.69, 9.17) is 5.73 Å². The predicted molar refractivity (Wildman–Crippen MR) is 154 cm³/mol. The third-order valence-electron chi connectivity index (χ3n) is 9.02. The summed E-state index contributed by atoms with van der Waals surface area (Å²) in [4.78, 5) is 53.6. The minimum absolute atomic E-state index is 0.0966. The quantitative estimate of drug-likeness (QED) is 0.100. The van der Waals surface area contributed by atoms with Crippen LogP contribution in [0.4, 0.5) is 0 Å². The number of ketones is 3. The smallest absolute Gasteiger partial charge is 0.259 e. The number of Topliss-reactive ketones (excluding diaryl/α,β-unsaturated/α-hetero) is 3. The molecule has 4 rings (SSSR count). The Balaban J connectivity index is 1.64. The van der Waals surface area contributed by atoms with Crippen LogP contribution in [0.2, 0.25) is 0 Å².